The number of carbonyl (C=O) groups is 1. The molecule has 1 atom stereocenters. The number of hydrogen-bond acceptors (Lipinski definition) is 3. The molecule has 1 aliphatic heterocycles. The van der Waals surface area contributed by atoms with Crippen molar-refractivity contribution < 1.29 is 14.6 Å². The van der Waals surface area contributed by atoms with Crippen LogP contribution in [0.25, 0.3) is 0 Å². The number of hydrogen-bond donors (Lipinski definition) is 1. The second-order valence-corrected chi connectivity index (χ2v) is 5.96. The molecule has 1 heterocycles. The second kappa shape index (κ2) is 5.44. The molecule has 0 aliphatic carbocycles. The van der Waals surface area contributed by atoms with Crippen LogP contribution in [-0.4, -0.2) is 40.7 Å². The van der Waals surface area contributed by atoms with Gasteiger partial charge in [0.2, 0.25) is 0 Å². The van der Waals surface area contributed by atoms with Gasteiger partial charge in [-0.15, -0.1) is 0 Å². The number of carboxylic acid groups (broad SMARTS) is 1. The highest BCUT2D eigenvalue weighted by Gasteiger charge is 2.36. The van der Waals surface area contributed by atoms with E-state index in [2.05, 4.69) is 13.0 Å². The van der Waals surface area contributed by atoms with Crippen molar-refractivity contribution in [3.05, 3.63) is 29.3 Å². The lowest BCUT2D eigenvalue weighted by atomic mass is 10.0. The van der Waals surface area contributed by atoms with Crippen LogP contribution in [0, 0.1) is 6.92 Å². The molecule has 1 N–H and O–H groups in total. The Kier molecular flexibility index (Phi) is 4.04. The second-order valence-electron chi connectivity index (χ2n) is 5.96. The van der Waals surface area contributed by atoms with Gasteiger partial charge >= 0.3 is 5.97 Å². The summed E-state index contributed by atoms with van der Waals surface area (Å²) >= 11 is 0. The zero-order valence-electron chi connectivity index (χ0n) is 12.6. The Labute approximate surface area is 120 Å². The standard InChI is InChI=1S/C16H23NO3/c1-5-17(16(3,4)15(18)19)10-13-9-12-8-11(2)6-7-14(12)20-13/h6-8,13H,5,9-10H2,1-4H3,(H,18,19). The fraction of sp³-hybridized carbons (Fsp3) is 0.562. The van der Waals surface area contributed by atoms with Crippen molar-refractivity contribution in [1.29, 1.82) is 0 Å². The van der Waals surface area contributed by atoms with Crippen LogP contribution in [-0.2, 0) is 11.2 Å². The molecule has 1 unspecified atom stereocenters. The van der Waals surface area contributed by atoms with Gasteiger partial charge in [0.25, 0.3) is 0 Å². The summed E-state index contributed by atoms with van der Waals surface area (Å²) in [5.41, 5.74) is 1.58. The minimum atomic E-state index is -0.872. The van der Waals surface area contributed by atoms with Gasteiger partial charge < -0.3 is 9.84 Å². The molecule has 0 fully saturated rings. The van der Waals surface area contributed by atoms with Crippen LogP contribution in [0.3, 0.4) is 0 Å². The highest BCUT2D eigenvalue weighted by atomic mass is 16.5. The molecule has 110 valence electrons. The molecule has 0 saturated carbocycles. The summed E-state index contributed by atoms with van der Waals surface area (Å²) in [5.74, 6) is 0.135. The first-order valence-corrected chi connectivity index (χ1v) is 7.09. The molecule has 1 aliphatic rings. The molecule has 0 spiro atoms. The molecule has 0 aromatic heterocycles. The van der Waals surface area contributed by atoms with Crippen LogP contribution >= 0.6 is 0 Å². The van der Waals surface area contributed by atoms with E-state index in [0.717, 1.165) is 12.2 Å². The monoisotopic (exact) mass is 277 g/mol. The number of ether oxygens (including phenoxy) is 1. The van der Waals surface area contributed by atoms with Gasteiger partial charge in [0, 0.05) is 13.0 Å². The highest BCUT2D eigenvalue weighted by Crippen LogP contribution is 2.30. The summed E-state index contributed by atoms with van der Waals surface area (Å²) in [6.45, 7) is 8.85. The molecule has 1 aromatic rings. The number of nitrogens with zero attached hydrogens (tertiary/aromatic N) is 1. The largest absolute Gasteiger partial charge is 0.488 e. The van der Waals surface area contributed by atoms with E-state index in [4.69, 9.17) is 4.74 Å². The molecule has 4 nitrogen and oxygen atoms in total. The Morgan fingerprint density at radius 3 is 2.80 bits per heavy atom. The Morgan fingerprint density at radius 2 is 2.20 bits per heavy atom. The van der Waals surface area contributed by atoms with Crippen LogP contribution in [0.5, 0.6) is 5.75 Å². The fourth-order valence-corrected chi connectivity index (χ4v) is 2.68. The minimum Gasteiger partial charge on any atom is -0.488 e. The van der Waals surface area contributed by atoms with Crippen LogP contribution in [0.15, 0.2) is 18.2 Å². The van der Waals surface area contributed by atoms with Gasteiger partial charge in [0.05, 0.1) is 0 Å². The summed E-state index contributed by atoms with van der Waals surface area (Å²) in [6, 6.07) is 6.19. The topological polar surface area (TPSA) is 49.8 Å². The van der Waals surface area contributed by atoms with Gasteiger partial charge in [0.15, 0.2) is 0 Å². The lowest BCUT2D eigenvalue weighted by Gasteiger charge is -2.35. The SMILES string of the molecule is CCN(CC1Cc2cc(C)ccc2O1)C(C)(C)C(=O)O. The van der Waals surface area contributed by atoms with Gasteiger partial charge in [-0.2, -0.15) is 0 Å². The fourth-order valence-electron chi connectivity index (χ4n) is 2.68. The quantitative estimate of drug-likeness (QED) is 0.898. The Balaban J connectivity index is 2.07. The van der Waals surface area contributed by atoms with Crippen molar-refractivity contribution >= 4 is 5.97 Å². The van der Waals surface area contributed by atoms with Crippen molar-refractivity contribution in [2.24, 2.45) is 0 Å². The number of rotatable bonds is 5. The smallest absolute Gasteiger partial charge is 0.323 e. The van der Waals surface area contributed by atoms with E-state index < -0.39 is 11.5 Å². The summed E-state index contributed by atoms with van der Waals surface area (Å²) in [7, 11) is 0. The summed E-state index contributed by atoms with van der Waals surface area (Å²) in [5, 5.41) is 9.34. The zero-order chi connectivity index (χ0) is 14.9. The average molecular weight is 277 g/mol. The number of fused-ring (bicyclic) bond motifs is 1. The summed E-state index contributed by atoms with van der Waals surface area (Å²) in [6.07, 6.45) is 0.883. The lowest BCUT2D eigenvalue weighted by Crippen LogP contribution is -2.53. The van der Waals surface area contributed by atoms with Crippen LogP contribution in [0.2, 0.25) is 0 Å². The zero-order valence-corrected chi connectivity index (χ0v) is 12.6. The van der Waals surface area contributed by atoms with Crippen molar-refractivity contribution in [3.63, 3.8) is 0 Å². The van der Waals surface area contributed by atoms with E-state index in [9.17, 15) is 9.90 Å². The van der Waals surface area contributed by atoms with E-state index in [1.54, 1.807) is 13.8 Å². The number of aryl methyl sites for hydroxylation is 1. The third-order valence-electron chi connectivity index (χ3n) is 4.08. The van der Waals surface area contributed by atoms with Gasteiger partial charge in [-0.05, 0) is 38.9 Å². The Morgan fingerprint density at radius 1 is 1.50 bits per heavy atom. The summed E-state index contributed by atoms with van der Waals surface area (Å²) < 4.78 is 5.93. The molecular formula is C16H23NO3. The molecule has 4 heteroatoms. The molecule has 0 amide bonds. The third kappa shape index (κ3) is 2.80. The lowest BCUT2D eigenvalue weighted by molar-refractivity contribution is -0.149. The van der Waals surface area contributed by atoms with E-state index >= 15 is 0 Å². The number of carboxylic acids is 1. The van der Waals surface area contributed by atoms with Gasteiger partial charge in [0.1, 0.15) is 17.4 Å². The number of benzene rings is 1. The maximum atomic E-state index is 11.4. The average Bonchev–Trinajstić information content (AvgIpc) is 2.76. The van der Waals surface area contributed by atoms with Gasteiger partial charge in [-0.25, -0.2) is 0 Å². The van der Waals surface area contributed by atoms with Crippen LogP contribution in [0.4, 0.5) is 0 Å². The van der Waals surface area contributed by atoms with Crippen molar-refractivity contribution in [3.8, 4) is 5.75 Å². The van der Waals surface area contributed by atoms with E-state index in [1.165, 1.54) is 11.1 Å². The predicted octanol–water partition coefficient (Wildman–Crippen LogP) is 2.48. The predicted molar refractivity (Wildman–Crippen MR) is 78.3 cm³/mol. The van der Waals surface area contributed by atoms with Gasteiger partial charge in [-0.1, -0.05) is 24.6 Å². The maximum Gasteiger partial charge on any atom is 0.323 e. The minimum absolute atomic E-state index is 0.0328. The maximum absolute atomic E-state index is 11.4. The normalized spacial score (nSPS) is 17.9. The Bertz CT molecular complexity index is 510. The van der Waals surface area contributed by atoms with E-state index in [0.29, 0.717) is 13.1 Å². The molecule has 0 saturated heterocycles. The van der Waals surface area contributed by atoms with Crippen LogP contribution in [0.1, 0.15) is 31.9 Å². The van der Waals surface area contributed by atoms with Crippen LogP contribution < -0.4 is 4.74 Å². The first-order valence-electron chi connectivity index (χ1n) is 7.09. The first kappa shape index (κ1) is 14.9. The van der Waals surface area contributed by atoms with Crippen molar-refractivity contribution in [1.82, 2.24) is 4.90 Å². The molecule has 20 heavy (non-hydrogen) atoms. The molecule has 0 radical (unpaired) electrons. The van der Waals surface area contributed by atoms with Crippen molar-refractivity contribution in [2.75, 3.05) is 13.1 Å². The summed E-state index contributed by atoms with van der Waals surface area (Å²) in [4.78, 5) is 13.3. The molecular weight excluding hydrogens is 254 g/mol. The third-order valence-corrected chi connectivity index (χ3v) is 4.08. The van der Waals surface area contributed by atoms with Crippen molar-refractivity contribution in [2.45, 2.75) is 45.8 Å². The number of aliphatic carboxylic acids is 1. The molecule has 0 bridgehead atoms. The highest BCUT2D eigenvalue weighted by molar-refractivity contribution is 5.77. The van der Waals surface area contributed by atoms with E-state index in [-0.39, 0.29) is 6.10 Å². The number of likely N-dealkylation sites (N-methyl/N-ethyl adjacent to an activating group) is 1. The molecule has 1 aromatic carbocycles. The molecule has 2 rings (SSSR count). The Hall–Kier alpha value is -1.55. The first-order chi connectivity index (χ1) is 9.34. The van der Waals surface area contributed by atoms with E-state index in [1.807, 2.05) is 24.0 Å². The van der Waals surface area contributed by atoms with Gasteiger partial charge in [-0.3, -0.25) is 9.69 Å².